The van der Waals surface area contributed by atoms with Crippen LogP contribution >= 0.6 is 0 Å². The van der Waals surface area contributed by atoms with Crippen molar-refractivity contribution in [3.63, 3.8) is 0 Å². The first kappa shape index (κ1) is 27.8. The van der Waals surface area contributed by atoms with Crippen LogP contribution in [0.25, 0.3) is 0 Å². The number of methoxy groups -OCH3 is 2. The van der Waals surface area contributed by atoms with Crippen LogP contribution in [0.2, 0.25) is 0 Å². The second-order valence-electron chi connectivity index (χ2n) is 7.78. The maximum atomic E-state index is 13.0. The number of hydrogen-bond acceptors (Lipinski definition) is 8. The largest absolute Gasteiger partial charge is 0.459 e. The summed E-state index contributed by atoms with van der Waals surface area (Å²) in [6, 6.07) is 0. The third-order valence-corrected chi connectivity index (χ3v) is 5.24. The Labute approximate surface area is 186 Å². The quantitative estimate of drug-likeness (QED) is 0.282. The molecule has 0 saturated heterocycles. The number of ether oxygens (including phenoxy) is 6. The Morgan fingerprint density at radius 1 is 1.16 bits per heavy atom. The van der Waals surface area contributed by atoms with E-state index in [-0.39, 0.29) is 30.9 Å². The summed E-state index contributed by atoms with van der Waals surface area (Å²) in [6.45, 7) is 8.69. The second kappa shape index (κ2) is 15.6. The van der Waals surface area contributed by atoms with Crippen LogP contribution in [0.15, 0.2) is 11.8 Å². The van der Waals surface area contributed by atoms with E-state index in [1.807, 2.05) is 13.0 Å². The smallest absolute Gasteiger partial charge is 0.288 e. The lowest BCUT2D eigenvalue weighted by molar-refractivity contribution is -0.181. The molecule has 0 aromatic heterocycles. The Morgan fingerprint density at radius 3 is 2.35 bits per heavy atom. The minimum absolute atomic E-state index is 0.00564. The van der Waals surface area contributed by atoms with Crippen LogP contribution in [0.3, 0.4) is 0 Å². The van der Waals surface area contributed by atoms with E-state index in [0.29, 0.717) is 44.7 Å². The standard InChI is InChI=1S/C22H41NO8/c1-7-30-22-17(8-10-28-12-13-29-11-9-24)18(16(2)3)14-19(31-22)21(25)23(4)15-20(26-5)27-6/h14,16-18,20,22,24H,7-13,15H2,1-6H3/t17-,18-,22-/m0/s1. The van der Waals surface area contributed by atoms with Crippen LogP contribution in [0.1, 0.15) is 27.2 Å². The van der Waals surface area contributed by atoms with Crippen molar-refractivity contribution in [2.75, 3.05) is 67.5 Å². The van der Waals surface area contributed by atoms with Gasteiger partial charge in [-0.05, 0) is 31.3 Å². The maximum Gasteiger partial charge on any atom is 0.288 e. The summed E-state index contributed by atoms with van der Waals surface area (Å²) in [7, 11) is 4.76. The molecule has 182 valence electrons. The molecule has 9 heteroatoms. The normalized spacial score (nSPS) is 21.3. The predicted molar refractivity (Wildman–Crippen MR) is 115 cm³/mol. The number of hydrogen-bond donors (Lipinski definition) is 1. The zero-order chi connectivity index (χ0) is 23.2. The molecule has 0 bridgehead atoms. The molecule has 31 heavy (non-hydrogen) atoms. The first-order valence-corrected chi connectivity index (χ1v) is 11.0. The van der Waals surface area contributed by atoms with Crippen molar-refractivity contribution >= 4 is 5.91 Å². The molecule has 1 N–H and O–H groups in total. The Morgan fingerprint density at radius 2 is 1.81 bits per heavy atom. The van der Waals surface area contributed by atoms with Crippen molar-refractivity contribution in [2.24, 2.45) is 17.8 Å². The van der Waals surface area contributed by atoms with Crippen molar-refractivity contribution in [1.82, 2.24) is 4.90 Å². The third-order valence-electron chi connectivity index (χ3n) is 5.24. The zero-order valence-corrected chi connectivity index (χ0v) is 19.9. The first-order valence-electron chi connectivity index (χ1n) is 11.0. The van der Waals surface area contributed by atoms with Gasteiger partial charge in [-0.3, -0.25) is 4.79 Å². The zero-order valence-electron chi connectivity index (χ0n) is 19.9. The number of carbonyl (C=O) groups is 1. The molecule has 1 rings (SSSR count). The molecular weight excluding hydrogens is 406 g/mol. The van der Waals surface area contributed by atoms with Crippen LogP contribution in [0, 0.1) is 17.8 Å². The molecule has 0 fully saturated rings. The van der Waals surface area contributed by atoms with Gasteiger partial charge in [0.05, 0.1) is 33.0 Å². The Bertz CT molecular complexity index is 524. The maximum absolute atomic E-state index is 13.0. The molecule has 1 amide bonds. The fourth-order valence-corrected chi connectivity index (χ4v) is 3.54. The number of aliphatic hydroxyl groups is 1. The van der Waals surface area contributed by atoms with Gasteiger partial charge in [-0.25, -0.2) is 0 Å². The van der Waals surface area contributed by atoms with E-state index in [9.17, 15) is 4.79 Å². The molecule has 0 aromatic rings. The first-order chi connectivity index (χ1) is 14.9. The van der Waals surface area contributed by atoms with Crippen molar-refractivity contribution in [3.05, 3.63) is 11.8 Å². The van der Waals surface area contributed by atoms with Gasteiger partial charge in [-0.1, -0.05) is 13.8 Å². The highest BCUT2D eigenvalue weighted by Gasteiger charge is 2.39. The molecule has 9 nitrogen and oxygen atoms in total. The third kappa shape index (κ3) is 9.43. The van der Waals surface area contributed by atoms with Crippen LogP contribution in [0.5, 0.6) is 0 Å². The summed E-state index contributed by atoms with van der Waals surface area (Å²) in [6.07, 6.45) is 1.62. The summed E-state index contributed by atoms with van der Waals surface area (Å²) in [4.78, 5) is 14.5. The van der Waals surface area contributed by atoms with Gasteiger partial charge in [0.2, 0.25) is 6.29 Å². The van der Waals surface area contributed by atoms with Gasteiger partial charge in [-0.15, -0.1) is 0 Å². The van der Waals surface area contributed by atoms with Crippen LogP contribution in [0.4, 0.5) is 0 Å². The van der Waals surface area contributed by atoms with Crippen molar-refractivity contribution in [1.29, 1.82) is 0 Å². The lowest BCUT2D eigenvalue weighted by atomic mass is 9.79. The van der Waals surface area contributed by atoms with E-state index in [0.717, 1.165) is 6.42 Å². The van der Waals surface area contributed by atoms with Crippen molar-refractivity contribution in [2.45, 2.75) is 39.8 Å². The van der Waals surface area contributed by atoms with Crippen LogP contribution < -0.4 is 0 Å². The molecule has 0 aliphatic carbocycles. The SMILES string of the molecule is CCO[C@H]1OC(C(=O)N(C)CC(OC)OC)=C[C@@H](C(C)C)[C@@H]1CCOCCOCCO. The van der Waals surface area contributed by atoms with Gasteiger partial charge < -0.3 is 38.4 Å². The van der Waals surface area contributed by atoms with Gasteiger partial charge in [-0.2, -0.15) is 0 Å². The number of allylic oxidation sites excluding steroid dienone is 1. The fourth-order valence-electron chi connectivity index (χ4n) is 3.54. The number of aliphatic hydroxyl groups excluding tert-OH is 1. The molecule has 1 heterocycles. The molecular formula is C22H41NO8. The summed E-state index contributed by atoms with van der Waals surface area (Å²) in [5.41, 5.74) is 0. The highest BCUT2D eigenvalue weighted by atomic mass is 16.7. The van der Waals surface area contributed by atoms with E-state index in [2.05, 4.69) is 13.8 Å². The van der Waals surface area contributed by atoms with Crippen molar-refractivity contribution in [3.8, 4) is 0 Å². The molecule has 1 aliphatic rings. The lowest BCUT2D eigenvalue weighted by Gasteiger charge is -2.39. The molecule has 1 aliphatic heterocycles. The van der Waals surface area contributed by atoms with E-state index in [1.165, 1.54) is 19.1 Å². The Balaban J connectivity index is 2.81. The Hall–Kier alpha value is -1.23. The van der Waals surface area contributed by atoms with Gasteiger partial charge in [0, 0.05) is 40.4 Å². The molecule has 0 spiro atoms. The highest BCUT2D eigenvalue weighted by molar-refractivity contribution is 5.91. The topological polar surface area (TPSA) is 95.9 Å². The molecule has 0 unspecified atom stereocenters. The number of nitrogens with zero attached hydrogens (tertiary/aromatic N) is 1. The number of carbonyl (C=O) groups excluding carboxylic acids is 1. The summed E-state index contributed by atoms with van der Waals surface area (Å²) in [5.74, 6) is 0.521. The molecule has 3 atom stereocenters. The average Bonchev–Trinajstić information content (AvgIpc) is 2.76. The lowest BCUT2D eigenvalue weighted by Crippen LogP contribution is -2.43. The molecule has 0 saturated carbocycles. The molecule has 0 radical (unpaired) electrons. The number of amides is 1. The summed E-state index contributed by atoms with van der Waals surface area (Å²) >= 11 is 0. The Kier molecular flexibility index (Phi) is 13.9. The minimum atomic E-state index is -0.523. The molecule has 0 aromatic carbocycles. The van der Waals surface area contributed by atoms with E-state index in [1.54, 1.807) is 7.05 Å². The number of likely N-dealkylation sites (N-methyl/N-ethyl adjacent to an activating group) is 1. The minimum Gasteiger partial charge on any atom is -0.459 e. The highest BCUT2D eigenvalue weighted by Crippen LogP contribution is 2.36. The van der Waals surface area contributed by atoms with Gasteiger partial charge in [0.15, 0.2) is 12.0 Å². The van der Waals surface area contributed by atoms with Gasteiger partial charge in [0.25, 0.3) is 5.91 Å². The summed E-state index contributed by atoms with van der Waals surface area (Å²) < 4.78 is 33.2. The monoisotopic (exact) mass is 447 g/mol. The van der Waals surface area contributed by atoms with E-state index < -0.39 is 12.6 Å². The number of rotatable bonds is 16. The van der Waals surface area contributed by atoms with Crippen molar-refractivity contribution < 1.29 is 38.3 Å². The van der Waals surface area contributed by atoms with E-state index >= 15 is 0 Å². The van der Waals surface area contributed by atoms with E-state index in [4.69, 9.17) is 33.5 Å². The van der Waals surface area contributed by atoms with Crippen LogP contribution in [-0.2, 0) is 33.2 Å². The van der Waals surface area contributed by atoms with Gasteiger partial charge >= 0.3 is 0 Å². The van der Waals surface area contributed by atoms with Gasteiger partial charge in [0.1, 0.15) is 0 Å². The fraction of sp³-hybridized carbons (Fsp3) is 0.864. The average molecular weight is 448 g/mol. The van der Waals surface area contributed by atoms with Crippen LogP contribution in [-0.4, -0.2) is 95.9 Å². The summed E-state index contributed by atoms with van der Waals surface area (Å²) in [5, 5.41) is 8.72. The second-order valence-corrected chi connectivity index (χ2v) is 7.78. The predicted octanol–water partition coefficient (Wildman–Crippen LogP) is 1.64.